The number of thioether (sulfide) groups is 1. The van der Waals surface area contributed by atoms with E-state index in [4.69, 9.17) is 16.7 Å². The number of halogens is 1. The van der Waals surface area contributed by atoms with Crippen LogP contribution in [0.1, 0.15) is 25.3 Å². The highest BCUT2D eigenvalue weighted by Crippen LogP contribution is 2.24. The first-order valence-electron chi connectivity index (χ1n) is 9.16. The molecule has 0 unspecified atom stereocenters. The summed E-state index contributed by atoms with van der Waals surface area (Å²) in [6.45, 7) is 2.61. The van der Waals surface area contributed by atoms with E-state index in [1.165, 1.54) is 9.13 Å². The monoisotopic (exact) mass is 422 g/mol. The summed E-state index contributed by atoms with van der Waals surface area (Å²) < 4.78 is 4.45. The van der Waals surface area contributed by atoms with Crippen molar-refractivity contribution in [3.8, 4) is 0 Å². The van der Waals surface area contributed by atoms with Crippen LogP contribution in [0, 0.1) is 0 Å². The van der Waals surface area contributed by atoms with Crippen molar-refractivity contribution in [3.05, 3.63) is 55.7 Å². The van der Waals surface area contributed by atoms with Crippen LogP contribution in [0.3, 0.4) is 0 Å². The number of fused-ring (bicyclic) bond motifs is 1. The van der Waals surface area contributed by atoms with Crippen LogP contribution in [0.4, 0.5) is 0 Å². The smallest absolute Gasteiger partial charge is 0.332 e. The fraction of sp³-hybridized carbons (Fsp3) is 0.421. The lowest BCUT2D eigenvalue weighted by Crippen LogP contribution is -2.39. The van der Waals surface area contributed by atoms with Gasteiger partial charge in [0.25, 0.3) is 5.56 Å². The third-order valence-electron chi connectivity index (χ3n) is 4.43. The minimum absolute atomic E-state index is 0.0880. The van der Waals surface area contributed by atoms with Crippen molar-refractivity contribution in [1.29, 1.82) is 0 Å². The Morgan fingerprint density at radius 3 is 2.54 bits per heavy atom. The molecule has 0 amide bonds. The lowest BCUT2D eigenvalue weighted by Gasteiger charge is -2.11. The highest BCUT2D eigenvalue weighted by atomic mass is 35.5. The SMILES string of the molecule is CCCSc1nc2c(c(=O)n(CCCO)c(=O)n2C)n1Cc1ccc(Cl)cc1. The lowest BCUT2D eigenvalue weighted by atomic mass is 10.2. The summed E-state index contributed by atoms with van der Waals surface area (Å²) in [5, 5.41) is 10.5. The standard InChI is InChI=1S/C19H23ClN4O3S/c1-3-11-28-18-21-16-15(24(18)12-13-5-7-14(20)8-6-13)17(26)23(9-4-10-25)19(27)22(16)2/h5-8,25H,3-4,9-12H2,1-2H3. The lowest BCUT2D eigenvalue weighted by molar-refractivity contribution is 0.277. The summed E-state index contributed by atoms with van der Waals surface area (Å²) in [7, 11) is 1.62. The number of imidazole rings is 1. The van der Waals surface area contributed by atoms with Crippen LogP contribution >= 0.6 is 23.4 Å². The first-order chi connectivity index (χ1) is 13.5. The molecule has 0 atom stereocenters. The van der Waals surface area contributed by atoms with Crippen LogP contribution in [-0.4, -0.2) is 36.2 Å². The van der Waals surface area contributed by atoms with E-state index < -0.39 is 5.69 Å². The molecule has 3 aromatic rings. The molecule has 0 aliphatic heterocycles. The van der Waals surface area contributed by atoms with Gasteiger partial charge in [-0.2, -0.15) is 0 Å². The Kier molecular flexibility index (Phi) is 6.64. The van der Waals surface area contributed by atoms with Crippen LogP contribution in [0.25, 0.3) is 11.2 Å². The molecule has 0 saturated carbocycles. The van der Waals surface area contributed by atoms with Crippen molar-refractivity contribution in [3.63, 3.8) is 0 Å². The number of hydrogen-bond donors (Lipinski definition) is 1. The van der Waals surface area contributed by atoms with Crippen molar-refractivity contribution in [2.24, 2.45) is 7.05 Å². The van der Waals surface area contributed by atoms with Gasteiger partial charge >= 0.3 is 5.69 Å². The van der Waals surface area contributed by atoms with E-state index in [1.54, 1.807) is 18.8 Å². The largest absolute Gasteiger partial charge is 0.396 e. The Labute approximate surface area is 171 Å². The third-order valence-corrected chi connectivity index (χ3v) is 5.86. The molecule has 150 valence electrons. The number of aliphatic hydroxyl groups excluding tert-OH is 1. The van der Waals surface area contributed by atoms with Crippen LogP contribution in [0.2, 0.25) is 5.02 Å². The molecule has 0 fully saturated rings. The number of aromatic nitrogens is 4. The highest BCUT2D eigenvalue weighted by molar-refractivity contribution is 7.99. The maximum Gasteiger partial charge on any atom is 0.332 e. The average molecular weight is 423 g/mol. The van der Waals surface area contributed by atoms with Gasteiger partial charge in [0.05, 0.1) is 6.54 Å². The molecule has 7 nitrogen and oxygen atoms in total. The molecule has 0 radical (unpaired) electrons. The van der Waals surface area contributed by atoms with Gasteiger partial charge in [0.2, 0.25) is 0 Å². The van der Waals surface area contributed by atoms with Crippen molar-refractivity contribution in [1.82, 2.24) is 18.7 Å². The molecule has 2 heterocycles. The van der Waals surface area contributed by atoms with Gasteiger partial charge in [0.15, 0.2) is 16.3 Å². The molecular formula is C19H23ClN4O3S. The maximum absolute atomic E-state index is 13.1. The van der Waals surface area contributed by atoms with Gasteiger partial charge in [0, 0.05) is 31.0 Å². The Morgan fingerprint density at radius 2 is 1.89 bits per heavy atom. The van der Waals surface area contributed by atoms with Crippen LogP contribution in [0.15, 0.2) is 39.0 Å². The maximum atomic E-state index is 13.1. The second-order valence-electron chi connectivity index (χ2n) is 6.50. The van der Waals surface area contributed by atoms with E-state index >= 15 is 0 Å². The number of aliphatic hydroxyl groups is 1. The number of hydrogen-bond acceptors (Lipinski definition) is 5. The highest BCUT2D eigenvalue weighted by Gasteiger charge is 2.20. The summed E-state index contributed by atoms with van der Waals surface area (Å²) in [6.07, 6.45) is 1.30. The predicted molar refractivity (Wildman–Crippen MR) is 113 cm³/mol. The van der Waals surface area contributed by atoms with E-state index in [2.05, 4.69) is 11.9 Å². The summed E-state index contributed by atoms with van der Waals surface area (Å²) in [5.74, 6) is 0.858. The van der Waals surface area contributed by atoms with Crippen molar-refractivity contribution in [2.75, 3.05) is 12.4 Å². The Bertz CT molecular complexity index is 1090. The zero-order valence-corrected chi connectivity index (χ0v) is 17.5. The van der Waals surface area contributed by atoms with Crippen molar-refractivity contribution >= 4 is 34.5 Å². The van der Waals surface area contributed by atoms with Gasteiger partial charge in [-0.15, -0.1) is 0 Å². The zero-order chi connectivity index (χ0) is 20.3. The first-order valence-corrected chi connectivity index (χ1v) is 10.5. The quantitative estimate of drug-likeness (QED) is 0.564. The fourth-order valence-electron chi connectivity index (χ4n) is 3.00. The van der Waals surface area contributed by atoms with Gasteiger partial charge in [-0.1, -0.05) is 42.4 Å². The van der Waals surface area contributed by atoms with Crippen LogP contribution in [-0.2, 0) is 20.1 Å². The minimum Gasteiger partial charge on any atom is -0.396 e. The van der Waals surface area contributed by atoms with Crippen LogP contribution < -0.4 is 11.2 Å². The molecule has 1 aromatic carbocycles. The normalized spacial score (nSPS) is 11.4. The molecule has 3 rings (SSSR count). The fourth-order valence-corrected chi connectivity index (χ4v) is 3.98. The Balaban J connectivity index is 2.22. The first kappa shape index (κ1) is 20.7. The number of rotatable bonds is 8. The van der Waals surface area contributed by atoms with Gasteiger partial charge in [-0.25, -0.2) is 9.78 Å². The summed E-state index contributed by atoms with van der Waals surface area (Å²) in [5.41, 5.74) is 0.958. The second-order valence-corrected chi connectivity index (χ2v) is 8.00. The zero-order valence-electron chi connectivity index (χ0n) is 15.9. The minimum atomic E-state index is -0.422. The molecule has 0 aliphatic rings. The molecule has 1 N–H and O–H groups in total. The second kappa shape index (κ2) is 8.98. The molecule has 0 aliphatic carbocycles. The number of aryl methyl sites for hydroxylation is 1. The molecule has 28 heavy (non-hydrogen) atoms. The summed E-state index contributed by atoms with van der Waals surface area (Å²) in [6, 6.07) is 7.44. The van der Waals surface area contributed by atoms with Gasteiger partial charge in [-0.05, 0) is 30.5 Å². The predicted octanol–water partition coefficient (Wildman–Crippen LogP) is 2.48. The molecule has 2 aromatic heterocycles. The number of benzene rings is 1. The Morgan fingerprint density at radius 1 is 1.18 bits per heavy atom. The van der Waals surface area contributed by atoms with E-state index in [9.17, 15) is 9.59 Å². The van der Waals surface area contributed by atoms with E-state index in [-0.39, 0.29) is 18.7 Å². The van der Waals surface area contributed by atoms with Crippen LogP contribution in [0.5, 0.6) is 0 Å². The summed E-state index contributed by atoms with van der Waals surface area (Å²) >= 11 is 7.55. The van der Waals surface area contributed by atoms with Gasteiger partial charge in [-0.3, -0.25) is 13.9 Å². The van der Waals surface area contributed by atoms with E-state index in [0.717, 1.165) is 17.7 Å². The van der Waals surface area contributed by atoms with Gasteiger partial charge < -0.3 is 9.67 Å². The molecule has 9 heteroatoms. The van der Waals surface area contributed by atoms with Gasteiger partial charge in [0.1, 0.15) is 0 Å². The Hall–Kier alpha value is -2.03. The van der Waals surface area contributed by atoms with Crippen molar-refractivity contribution < 1.29 is 5.11 Å². The third kappa shape index (κ3) is 4.04. The number of nitrogens with zero attached hydrogens (tertiary/aromatic N) is 4. The molecule has 0 saturated heterocycles. The average Bonchev–Trinajstić information content (AvgIpc) is 3.05. The molecular weight excluding hydrogens is 400 g/mol. The molecule has 0 spiro atoms. The molecule has 0 bridgehead atoms. The van der Waals surface area contributed by atoms with E-state index in [1.807, 2.05) is 28.8 Å². The summed E-state index contributed by atoms with van der Waals surface area (Å²) in [4.78, 5) is 30.4. The van der Waals surface area contributed by atoms with E-state index in [0.29, 0.717) is 34.3 Å². The topological polar surface area (TPSA) is 82.1 Å². The van der Waals surface area contributed by atoms with Crippen molar-refractivity contribution in [2.45, 2.75) is 38.0 Å².